The van der Waals surface area contributed by atoms with E-state index in [1.165, 1.54) is 6.20 Å². The van der Waals surface area contributed by atoms with Crippen molar-refractivity contribution in [1.82, 2.24) is 4.57 Å². The summed E-state index contributed by atoms with van der Waals surface area (Å²) in [5.74, 6) is 0.518. The van der Waals surface area contributed by atoms with Crippen LogP contribution < -0.4 is 4.74 Å². The molecule has 0 spiro atoms. The molecule has 0 bridgehead atoms. The van der Waals surface area contributed by atoms with Crippen LogP contribution in [0.4, 0.5) is 0 Å². The number of hydrogen-bond acceptors (Lipinski definition) is 4. The van der Waals surface area contributed by atoms with Gasteiger partial charge in [0.15, 0.2) is 0 Å². The van der Waals surface area contributed by atoms with Gasteiger partial charge in [0.1, 0.15) is 10.6 Å². The Kier molecular flexibility index (Phi) is 5.13. The summed E-state index contributed by atoms with van der Waals surface area (Å²) < 4.78 is 36.3. The van der Waals surface area contributed by atoms with Crippen LogP contribution in [-0.4, -0.2) is 32.8 Å². The fourth-order valence-corrected chi connectivity index (χ4v) is 3.29. The summed E-state index contributed by atoms with van der Waals surface area (Å²) in [4.78, 5) is 0.0692. The Hall–Kier alpha value is -1.24. The molecule has 0 fully saturated rings. The summed E-state index contributed by atoms with van der Waals surface area (Å²) in [6, 6.07) is 5.41. The Morgan fingerprint density at radius 1 is 1.24 bits per heavy atom. The molecule has 0 atom stereocenters. The molecule has 2 aromatic rings. The van der Waals surface area contributed by atoms with Crippen molar-refractivity contribution in [3.05, 3.63) is 24.4 Å². The molecule has 5 nitrogen and oxygen atoms in total. The first-order valence-electron chi connectivity index (χ1n) is 6.76. The zero-order chi connectivity index (χ0) is 15.5. The van der Waals surface area contributed by atoms with Crippen LogP contribution in [0.2, 0.25) is 0 Å². The first-order chi connectivity index (χ1) is 9.99. The third-order valence-electron chi connectivity index (χ3n) is 3.08. The maximum Gasteiger partial charge on any atom is 0.263 e. The lowest BCUT2D eigenvalue weighted by Crippen LogP contribution is -2.04. The van der Waals surface area contributed by atoms with Crippen LogP contribution in [0.3, 0.4) is 0 Å². The second-order valence-electron chi connectivity index (χ2n) is 4.40. The molecule has 0 aliphatic carbocycles. The number of benzene rings is 1. The molecular formula is C14H18ClNO4S. The minimum absolute atomic E-state index is 0.0692. The predicted octanol–water partition coefficient (Wildman–Crippen LogP) is 3.00. The number of nitrogens with zero attached hydrogens (tertiary/aromatic N) is 1. The first kappa shape index (κ1) is 16.1. The highest BCUT2D eigenvalue weighted by atomic mass is 35.7. The highest BCUT2D eigenvalue weighted by molar-refractivity contribution is 8.14. The minimum atomic E-state index is -3.85. The van der Waals surface area contributed by atoms with Crippen LogP contribution in [0.1, 0.15) is 13.8 Å². The van der Waals surface area contributed by atoms with Gasteiger partial charge in [0.05, 0.1) is 24.1 Å². The molecule has 1 aromatic carbocycles. The minimum Gasteiger partial charge on any atom is -0.493 e. The summed E-state index contributed by atoms with van der Waals surface area (Å²) >= 11 is 0. The molecule has 0 saturated heterocycles. The first-order valence-corrected chi connectivity index (χ1v) is 9.07. The van der Waals surface area contributed by atoms with Crippen molar-refractivity contribution in [2.45, 2.75) is 25.3 Å². The van der Waals surface area contributed by atoms with Crippen LogP contribution >= 0.6 is 10.7 Å². The number of fused-ring (bicyclic) bond motifs is 1. The van der Waals surface area contributed by atoms with Gasteiger partial charge in [0.2, 0.25) is 0 Å². The van der Waals surface area contributed by atoms with Crippen molar-refractivity contribution in [3.63, 3.8) is 0 Å². The van der Waals surface area contributed by atoms with Gasteiger partial charge in [-0.3, -0.25) is 0 Å². The van der Waals surface area contributed by atoms with E-state index >= 15 is 0 Å². The standard InChI is InChI=1S/C14H18ClNO4S/c1-3-19-9-8-16-10-13(21(15,17)18)14-11(16)6-5-7-12(14)20-4-2/h5-7,10H,3-4,8-9H2,1-2H3. The van der Waals surface area contributed by atoms with Gasteiger partial charge < -0.3 is 14.0 Å². The highest BCUT2D eigenvalue weighted by Crippen LogP contribution is 2.35. The van der Waals surface area contributed by atoms with Crippen molar-refractivity contribution >= 4 is 30.6 Å². The molecular weight excluding hydrogens is 314 g/mol. The van der Waals surface area contributed by atoms with E-state index in [0.717, 1.165) is 5.52 Å². The van der Waals surface area contributed by atoms with E-state index < -0.39 is 9.05 Å². The van der Waals surface area contributed by atoms with Gasteiger partial charge in [-0.2, -0.15) is 0 Å². The van der Waals surface area contributed by atoms with E-state index in [2.05, 4.69) is 0 Å². The average Bonchev–Trinajstić information content (AvgIpc) is 2.80. The highest BCUT2D eigenvalue weighted by Gasteiger charge is 2.21. The number of hydrogen-bond donors (Lipinski definition) is 0. The number of aromatic nitrogens is 1. The molecule has 21 heavy (non-hydrogen) atoms. The van der Waals surface area contributed by atoms with Gasteiger partial charge in [0, 0.05) is 30.0 Å². The SMILES string of the molecule is CCOCCn1cc(S(=O)(=O)Cl)c2c(OCC)cccc21. The molecule has 0 amide bonds. The zero-order valence-electron chi connectivity index (χ0n) is 12.0. The van der Waals surface area contributed by atoms with Gasteiger partial charge >= 0.3 is 0 Å². The molecule has 1 aromatic heterocycles. The monoisotopic (exact) mass is 331 g/mol. The van der Waals surface area contributed by atoms with Crippen LogP contribution in [0.25, 0.3) is 10.9 Å². The largest absolute Gasteiger partial charge is 0.493 e. The van der Waals surface area contributed by atoms with E-state index in [-0.39, 0.29) is 4.90 Å². The van der Waals surface area contributed by atoms with E-state index in [9.17, 15) is 8.42 Å². The average molecular weight is 332 g/mol. The summed E-state index contributed by atoms with van der Waals surface area (Å²) in [5, 5.41) is 0.519. The van der Waals surface area contributed by atoms with Gasteiger partial charge in [-0.1, -0.05) is 6.07 Å². The lowest BCUT2D eigenvalue weighted by molar-refractivity contribution is 0.140. The van der Waals surface area contributed by atoms with Crippen molar-refractivity contribution in [1.29, 1.82) is 0 Å². The Morgan fingerprint density at radius 3 is 2.62 bits per heavy atom. The van der Waals surface area contributed by atoms with Crippen molar-refractivity contribution in [3.8, 4) is 5.75 Å². The Bertz CT molecular complexity index is 724. The van der Waals surface area contributed by atoms with E-state index in [1.54, 1.807) is 6.07 Å². The van der Waals surface area contributed by atoms with Gasteiger partial charge in [-0.25, -0.2) is 8.42 Å². The van der Waals surface area contributed by atoms with Crippen molar-refractivity contribution in [2.75, 3.05) is 19.8 Å². The van der Waals surface area contributed by atoms with Crippen LogP contribution in [0.15, 0.2) is 29.3 Å². The molecule has 2 rings (SSSR count). The number of halogens is 1. The van der Waals surface area contributed by atoms with E-state index in [1.807, 2.05) is 30.5 Å². The number of rotatable bonds is 7. The van der Waals surface area contributed by atoms with Gasteiger partial charge in [-0.05, 0) is 26.0 Å². The smallest absolute Gasteiger partial charge is 0.263 e. The lowest BCUT2D eigenvalue weighted by Gasteiger charge is -2.07. The Morgan fingerprint density at radius 2 is 2.00 bits per heavy atom. The second kappa shape index (κ2) is 6.68. The van der Waals surface area contributed by atoms with E-state index in [4.69, 9.17) is 20.2 Å². The molecule has 0 saturated carbocycles. The summed E-state index contributed by atoms with van der Waals surface area (Å²) in [6.07, 6.45) is 1.54. The third kappa shape index (κ3) is 3.51. The molecule has 0 aliphatic heterocycles. The quantitative estimate of drug-likeness (QED) is 0.578. The van der Waals surface area contributed by atoms with Crippen molar-refractivity contribution < 1.29 is 17.9 Å². The summed E-state index contributed by atoms with van der Waals surface area (Å²) in [5.41, 5.74) is 0.764. The van der Waals surface area contributed by atoms with Gasteiger partial charge in [-0.15, -0.1) is 0 Å². The lowest BCUT2D eigenvalue weighted by atomic mass is 10.2. The van der Waals surface area contributed by atoms with E-state index in [0.29, 0.717) is 37.5 Å². The third-order valence-corrected chi connectivity index (χ3v) is 4.41. The predicted molar refractivity (Wildman–Crippen MR) is 82.6 cm³/mol. The molecule has 0 aliphatic rings. The molecule has 1 heterocycles. The fraction of sp³-hybridized carbons (Fsp3) is 0.429. The maximum absolute atomic E-state index is 11.8. The molecule has 0 radical (unpaired) electrons. The normalized spacial score (nSPS) is 12.0. The summed E-state index contributed by atoms with van der Waals surface area (Å²) in [7, 11) is 1.71. The Labute approximate surface area is 128 Å². The summed E-state index contributed by atoms with van der Waals surface area (Å²) in [6.45, 7) is 5.87. The zero-order valence-corrected chi connectivity index (χ0v) is 13.6. The fourth-order valence-electron chi connectivity index (χ4n) is 2.24. The number of ether oxygens (including phenoxy) is 2. The molecule has 116 valence electrons. The van der Waals surface area contributed by atoms with Crippen LogP contribution in [-0.2, 0) is 20.3 Å². The second-order valence-corrected chi connectivity index (χ2v) is 6.94. The maximum atomic E-state index is 11.8. The van der Waals surface area contributed by atoms with Crippen molar-refractivity contribution in [2.24, 2.45) is 0 Å². The molecule has 7 heteroatoms. The molecule has 0 unspecified atom stereocenters. The van der Waals surface area contributed by atoms with Crippen LogP contribution in [0, 0.1) is 0 Å². The Balaban J connectivity index is 2.59. The molecule has 0 N–H and O–H groups in total. The van der Waals surface area contributed by atoms with Gasteiger partial charge in [0.25, 0.3) is 9.05 Å². The topological polar surface area (TPSA) is 57.5 Å². The van der Waals surface area contributed by atoms with Crippen LogP contribution in [0.5, 0.6) is 5.75 Å².